The smallest absolute Gasteiger partial charge is 0.261 e. The van der Waals surface area contributed by atoms with Crippen molar-refractivity contribution in [3.05, 3.63) is 40.4 Å². The lowest BCUT2D eigenvalue weighted by Crippen LogP contribution is -2.32. The van der Waals surface area contributed by atoms with E-state index in [1.54, 1.807) is 4.57 Å². The molecule has 0 spiro atoms. The molecule has 0 saturated heterocycles. The molecule has 1 aliphatic heterocycles. The molecular formula is C12H12N2O2. The lowest BCUT2D eigenvalue weighted by molar-refractivity contribution is 0.0269. The van der Waals surface area contributed by atoms with E-state index in [2.05, 4.69) is 4.98 Å². The van der Waals surface area contributed by atoms with E-state index in [4.69, 9.17) is 4.74 Å². The van der Waals surface area contributed by atoms with Gasteiger partial charge in [0.05, 0.1) is 24.1 Å². The van der Waals surface area contributed by atoms with Crippen molar-refractivity contribution in [3.8, 4) is 0 Å². The molecule has 0 amide bonds. The number of hydrogen-bond acceptors (Lipinski definition) is 3. The van der Waals surface area contributed by atoms with Gasteiger partial charge in [0.25, 0.3) is 5.56 Å². The Balaban J connectivity index is 2.41. The van der Waals surface area contributed by atoms with Crippen molar-refractivity contribution < 1.29 is 4.74 Å². The van der Waals surface area contributed by atoms with E-state index in [9.17, 15) is 4.79 Å². The van der Waals surface area contributed by atoms with Gasteiger partial charge in [-0.1, -0.05) is 12.1 Å². The molecule has 0 saturated carbocycles. The third kappa shape index (κ3) is 1.27. The summed E-state index contributed by atoms with van der Waals surface area (Å²) in [5.74, 6) is 0.731. The van der Waals surface area contributed by atoms with Crippen LogP contribution in [0.25, 0.3) is 10.9 Å². The molecule has 0 aliphatic carbocycles. The van der Waals surface area contributed by atoms with Gasteiger partial charge in [-0.2, -0.15) is 0 Å². The van der Waals surface area contributed by atoms with Crippen molar-refractivity contribution in [3.63, 3.8) is 0 Å². The molecule has 0 bridgehead atoms. The number of ether oxygens (including phenoxy) is 1. The average Bonchev–Trinajstić information content (AvgIpc) is 2.31. The number of para-hydroxylation sites is 1. The highest BCUT2D eigenvalue weighted by molar-refractivity contribution is 5.77. The normalized spacial score (nSPS) is 19.7. The van der Waals surface area contributed by atoms with Crippen LogP contribution in [-0.4, -0.2) is 16.2 Å². The Morgan fingerprint density at radius 1 is 1.44 bits per heavy atom. The number of hydrogen-bond donors (Lipinski definition) is 0. The van der Waals surface area contributed by atoms with Gasteiger partial charge in [0, 0.05) is 0 Å². The summed E-state index contributed by atoms with van der Waals surface area (Å²) in [6.45, 7) is 3.09. The van der Waals surface area contributed by atoms with E-state index in [-0.39, 0.29) is 11.7 Å². The molecular weight excluding hydrogens is 204 g/mol. The first kappa shape index (κ1) is 9.54. The molecule has 4 nitrogen and oxygen atoms in total. The Morgan fingerprint density at radius 3 is 3.12 bits per heavy atom. The Bertz CT molecular complexity index is 603. The fourth-order valence-electron chi connectivity index (χ4n) is 2.11. The van der Waals surface area contributed by atoms with Crippen molar-refractivity contribution in [1.82, 2.24) is 9.55 Å². The van der Waals surface area contributed by atoms with Gasteiger partial charge < -0.3 is 4.74 Å². The Kier molecular flexibility index (Phi) is 2.04. The lowest BCUT2D eigenvalue weighted by atomic mass is 10.2. The van der Waals surface area contributed by atoms with E-state index < -0.39 is 0 Å². The fraction of sp³-hybridized carbons (Fsp3) is 0.333. The summed E-state index contributed by atoms with van der Waals surface area (Å²) >= 11 is 0. The second-order valence-corrected chi connectivity index (χ2v) is 3.96. The van der Waals surface area contributed by atoms with Crippen molar-refractivity contribution in [2.45, 2.75) is 19.6 Å². The number of aromatic nitrogens is 2. The van der Waals surface area contributed by atoms with E-state index in [1.807, 2.05) is 31.2 Å². The molecule has 2 heterocycles. The molecule has 2 aromatic rings. The largest absolute Gasteiger partial charge is 0.369 e. The quantitative estimate of drug-likeness (QED) is 0.670. The highest BCUT2D eigenvalue weighted by Crippen LogP contribution is 2.19. The summed E-state index contributed by atoms with van der Waals surface area (Å²) in [6, 6.07) is 7.43. The van der Waals surface area contributed by atoms with Gasteiger partial charge in [-0.3, -0.25) is 9.36 Å². The van der Waals surface area contributed by atoms with Crippen LogP contribution in [0.3, 0.4) is 0 Å². The monoisotopic (exact) mass is 216 g/mol. The topological polar surface area (TPSA) is 44.1 Å². The molecule has 3 rings (SSSR count). The van der Waals surface area contributed by atoms with Gasteiger partial charge in [-0.15, -0.1) is 0 Å². The summed E-state index contributed by atoms with van der Waals surface area (Å²) in [5, 5.41) is 0.681. The van der Waals surface area contributed by atoms with Crippen LogP contribution in [0.1, 0.15) is 18.9 Å². The molecule has 16 heavy (non-hydrogen) atoms. The summed E-state index contributed by atoms with van der Waals surface area (Å²) in [4.78, 5) is 16.7. The van der Waals surface area contributed by atoms with Crippen molar-refractivity contribution in [1.29, 1.82) is 0 Å². The summed E-state index contributed by atoms with van der Waals surface area (Å²) in [7, 11) is 0. The molecule has 4 heteroatoms. The van der Waals surface area contributed by atoms with Crippen LogP contribution in [0.5, 0.6) is 0 Å². The predicted octanol–water partition coefficient (Wildman–Crippen LogP) is 1.49. The van der Waals surface area contributed by atoms with Gasteiger partial charge >= 0.3 is 0 Å². The van der Waals surface area contributed by atoms with Crippen LogP contribution in [0.2, 0.25) is 0 Å². The third-order valence-corrected chi connectivity index (χ3v) is 2.94. The zero-order valence-corrected chi connectivity index (χ0v) is 9.01. The van der Waals surface area contributed by atoms with Gasteiger partial charge in [0.1, 0.15) is 11.9 Å². The number of rotatable bonds is 0. The maximum absolute atomic E-state index is 12.2. The molecule has 0 fully saturated rings. The Morgan fingerprint density at radius 2 is 2.25 bits per heavy atom. The standard InChI is InChI=1S/C12H12N2O2/c1-8-11-13-10-5-3-2-4-9(10)12(15)14(11)6-7-16-8/h2-5,8H,6-7H2,1H3. The van der Waals surface area contributed by atoms with E-state index in [1.165, 1.54) is 0 Å². The van der Waals surface area contributed by atoms with E-state index in [0.717, 1.165) is 11.3 Å². The van der Waals surface area contributed by atoms with Gasteiger partial charge in [0.2, 0.25) is 0 Å². The molecule has 1 atom stereocenters. The van der Waals surface area contributed by atoms with Gasteiger partial charge in [-0.05, 0) is 19.1 Å². The molecule has 1 aliphatic rings. The highest BCUT2D eigenvalue weighted by atomic mass is 16.5. The van der Waals surface area contributed by atoms with Crippen LogP contribution < -0.4 is 5.56 Å². The predicted molar refractivity (Wildman–Crippen MR) is 60.4 cm³/mol. The minimum absolute atomic E-state index is 0.0377. The van der Waals surface area contributed by atoms with Crippen LogP contribution in [0.15, 0.2) is 29.1 Å². The maximum Gasteiger partial charge on any atom is 0.261 e. The minimum atomic E-state index is -0.106. The Hall–Kier alpha value is -1.68. The number of benzene rings is 1. The maximum atomic E-state index is 12.2. The van der Waals surface area contributed by atoms with Crippen molar-refractivity contribution in [2.24, 2.45) is 0 Å². The first-order valence-electron chi connectivity index (χ1n) is 5.38. The number of fused-ring (bicyclic) bond motifs is 2. The molecule has 1 aromatic carbocycles. The first-order valence-corrected chi connectivity index (χ1v) is 5.38. The molecule has 82 valence electrons. The highest BCUT2D eigenvalue weighted by Gasteiger charge is 2.20. The minimum Gasteiger partial charge on any atom is -0.369 e. The zero-order valence-electron chi connectivity index (χ0n) is 9.01. The Labute approximate surface area is 92.5 Å². The average molecular weight is 216 g/mol. The molecule has 1 aromatic heterocycles. The summed E-state index contributed by atoms with van der Waals surface area (Å²) in [6.07, 6.45) is -0.106. The van der Waals surface area contributed by atoms with Crippen molar-refractivity contribution >= 4 is 10.9 Å². The SMILES string of the molecule is CC1OCCn2c1nc1ccccc1c2=O. The summed E-state index contributed by atoms with van der Waals surface area (Å²) in [5.41, 5.74) is 0.784. The summed E-state index contributed by atoms with van der Waals surface area (Å²) < 4.78 is 7.20. The molecule has 1 unspecified atom stereocenters. The molecule has 0 N–H and O–H groups in total. The van der Waals surface area contributed by atoms with Crippen LogP contribution in [-0.2, 0) is 11.3 Å². The van der Waals surface area contributed by atoms with Crippen LogP contribution in [0.4, 0.5) is 0 Å². The fourth-order valence-corrected chi connectivity index (χ4v) is 2.11. The van der Waals surface area contributed by atoms with Crippen LogP contribution >= 0.6 is 0 Å². The van der Waals surface area contributed by atoms with Gasteiger partial charge in [-0.25, -0.2) is 4.98 Å². The first-order chi connectivity index (χ1) is 7.77. The third-order valence-electron chi connectivity index (χ3n) is 2.94. The zero-order chi connectivity index (χ0) is 11.1. The second-order valence-electron chi connectivity index (χ2n) is 3.96. The van der Waals surface area contributed by atoms with E-state index in [0.29, 0.717) is 18.5 Å². The van der Waals surface area contributed by atoms with Crippen molar-refractivity contribution in [2.75, 3.05) is 6.61 Å². The lowest BCUT2D eigenvalue weighted by Gasteiger charge is -2.23. The van der Waals surface area contributed by atoms with Crippen LogP contribution in [0, 0.1) is 0 Å². The second kappa shape index (κ2) is 3.42. The number of nitrogens with zero attached hydrogens (tertiary/aromatic N) is 2. The van der Waals surface area contributed by atoms with E-state index >= 15 is 0 Å². The van der Waals surface area contributed by atoms with Gasteiger partial charge in [0.15, 0.2) is 0 Å². The molecule has 0 radical (unpaired) electrons.